The molecule has 2 aliphatic heterocycles. The van der Waals surface area contributed by atoms with Gasteiger partial charge in [0.25, 0.3) is 0 Å². The number of piperazine rings is 1. The molecule has 2 fully saturated rings. The minimum atomic E-state index is -0.844. The zero-order valence-corrected chi connectivity index (χ0v) is 15.8. The largest absolute Gasteiger partial charge is 0.338 e. The maximum atomic E-state index is 13.3. The quantitative estimate of drug-likeness (QED) is 0.758. The zero-order valence-electron chi connectivity index (χ0n) is 15.8. The number of anilines is 2. The molecular weight excluding hydrogens is 354 g/mol. The van der Waals surface area contributed by atoms with Crippen LogP contribution in [-0.2, 0) is 16.0 Å². The molecule has 7 nitrogen and oxygen atoms in total. The van der Waals surface area contributed by atoms with Crippen molar-refractivity contribution < 1.29 is 9.59 Å². The summed E-state index contributed by atoms with van der Waals surface area (Å²) >= 11 is 0. The number of para-hydroxylation sites is 1. The molecule has 7 heteroatoms. The maximum Gasteiger partial charge on any atom is 0.242 e. The van der Waals surface area contributed by atoms with E-state index in [2.05, 4.69) is 20.9 Å². The van der Waals surface area contributed by atoms with Gasteiger partial charge >= 0.3 is 0 Å². The Labute approximate surface area is 164 Å². The predicted octanol–water partition coefficient (Wildman–Crippen LogP) is 1.49. The number of benzene rings is 1. The second kappa shape index (κ2) is 6.58. The average Bonchev–Trinajstić information content (AvgIpc) is 3.46. The number of aromatic nitrogens is 2. The van der Waals surface area contributed by atoms with Gasteiger partial charge in [-0.05, 0) is 37.0 Å². The monoisotopic (exact) mass is 377 g/mol. The van der Waals surface area contributed by atoms with Crippen molar-refractivity contribution >= 4 is 23.5 Å². The van der Waals surface area contributed by atoms with Crippen LogP contribution in [0.4, 0.5) is 11.6 Å². The first-order chi connectivity index (χ1) is 13.7. The van der Waals surface area contributed by atoms with Crippen molar-refractivity contribution in [2.75, 3.05) is 42.5 Å². The summed E-state index contributed by atoms with van der Waals surface area (Å²) in [5.41, 5.74) is 1.32. The van der Waals surface area contributed by atoms with E-state index in [1.807, 2.05) is 28.0 Å². The first-order valence-electron chi connectivity index (χ1n) is 9.90. The number of rotatable bonds is 3. The molecule has 5 rings (SSSR count). The van der Waals surface area contributed by atoms with Crippen molar-refractivity contribution in [1.82, 2.24) is 14.9 Å². The van der Waals surface area contributed by atoms with Gasteiger partial charge in [0, 0.05) is 50.8 Å². The van der Waals surface area contributed by atoms with Crippen LogP contribution in [0.25, 0.3) is 0 Å². The predicted molar refractivity (Wildman–Crippen MR) is 105 cm³/mol. The molecule has 1 aromatic heterocycles. The highest BCUT2D eigenvalue weighted by atomic mass is 16.2. The summed E-state index contributed by atoms with van der Waals surface area (Å²) in [5, 5.41) is 0. The highest BCUT2D eigenvalue weighted by Gasteiger charge is 2.60. The molecule has 1 aromatic carbocycles. The summed E-state index contributed by atoms with van der Waals surface area (Å²) < 4.78 is 0. The van der Waals surface area contributed by atoms with Crippen molar-refractivity contribution in [1.29, 1.82) is 0 Å². The van der Waals surface area contributed by atoms with Crippen LogP contribution in [0.2, 0.25) is 0 Å². The van der Waals surface area contributed by atoms with Gasteiger partial charge in [-0.15, -0.1) is 0 Å². The third-order valence-electron chi connectivity index (χ3n) is 6.10. The van der Waals surface area contributed by atoms with Crippen molar-refractivity contribution in [2.45, 2.75) is 19.3 Å². The van der Waals surface area contributed by atoms with E-state index in [1.165, 1.54) is 5.56 Å². The number of nitrogens with zero attached hydrogens (tertiary/aromatic N) is 5. The Balaban J connectivity index is 1.28. The fraction of sp³-hybridized carbons (Fsp3) is 0.429. The number of amides is 2. The lowest BCUT2D eigenvalue weighted by atomic mass is 10.0. The minimum Gasteiger partial charge on any atom is -0.338 e. The fourth-order valence-electron chi connectivity index (χ4n) is 4.32. The van der Waals surface area contributed by atoms with Gasteiger partial charge in [0.15, 0.2) is 0 Å². The highest BCUT2D eigenvalue weighted by molar-refractivity contribution is 6.14. The minimum absolute atomic E-state index is 0.00416. The van der Waals surface area contributed by atoms with E-state index < -0.39 is 5.41 Å². The number of hydrogen-bond donors (Lipinski definition) is 0. The van der Waals surface area contributed by atoms with Crippen LogP contribution in [0, 0.1) is 5.41 Å². The van der Waals surface area contributed by atoms with E-state index in [4.69, 9.17) is 0 Å². The topological polar surface area (TPSA) is 69.6 Å². The van der Waals surface area contributed by atoms with Crippen LogP contribution in [0.3, 0.4) is 0 Å². The summed E-state index contributed by atoms with van der Waals surface area (Å²) in [6, 6.07) is 9.80. The SMILES string of the molecule is O=C(N1CCN(c2ncccn2)CC1)C1(C(=O)N2CCc3ccccc32)CC1. The van der Waals surface area contributed by atoms with Crippen molar-refractivity contribution in [3.05, 3.63) is 48.3 Å². The van der Waals surface area contributed by atoms with Crippen LogP contribution in [0.5, 0.6) is 0 Å². The number of hydrogen-bond acceptors (Lipinski definition) is 5. The van der Waals surface area contributed by atoms with Gasteiger partial charge < -0.3 is 14.7 Å². The van der Waals surface area contributed by atoms with E-state index >= 15 is 0 Å². The Morgan fingerprint density at radius 1 is 0.857 bits per heavy atom. The van der Waals surface area contributed by atoms with Gasteiger partial charge in [0.1, 0.15) is 5.41 Å². The third kappa shape index (κ3) is 2.73. The Hall–Kier alpha value is -2.96. The molecule has 144 valence electrons. The molecule has 0 spiro atoms. The molecule has 3 aliphatic rings. The van der Waals surface area contributed by atoms with E-state index in [-0.39, 0.29) is 11.8 Å². The summed E-state index contributed by atoms with van der Waals surface area (Å²) in [5.74, 6) is 0.673. The van der Waals surface area contributed by atoms with E-state index in [0.717, 1.165) is 12.1 Å². The molecule has 1 saturated heterocycles. The lowest BCUT2D eigenvalue weighted by molar-refractivity contribution is -0.143. The van der Waals surface area contributed by atoms with Crippen LogP contribution in [0.1, 0.15) is 18.4 Å². The van der Waals surface area contributed by atoms with Crippen LogP contribution in [-0.4, -0.2) is 59.4 Å². The molecule has 2 aromatic rings. The summed E-state index contributed by atoms with van der Waals surface area (Å²) in [4.78, 5) is 40.9. The third-order valence-corrected chi connectivity index (χ3v) is 6.10. The van der Waals surface area contributed by atoms with Gasteiger partial charge in [-0.1, -0.05) is 18.2 Å². The van der Waals surface area contributed by atoms with E-state index in [0.29, 0.717) is 51.5 Å². The standard InChI is InChI=1S/C21H23N5O2/c27-18(24-12-14-25(15-13-24)20-22-9-3-10-23-20)21(7-8-21)19(28)26-11-6-16-4-1-2-5-17(16)26/h1-5,9-10H,6-8,11-15H2. The molecule has 2 amide bonds. The fourth-order valence-corrected chi connectivity index (χ4v) is 4.32. The lowest BCUT2D eigenvalue weighted by Gasteiger charge is -2.36. The first kappa shape index (κ1) is 17.2. The molecule has 0 N–H and O–H groups in total. The molecule has 0 radical (unpaired) electrons. The van der Waals surface area contributed by atoms with Crippen molar-refractivity contribution in [3.63, 3.8) is 0 Å². The van der Waals surface area contributed by atoms with Gasteiger partial charge in [-0.2, -0.15) is 0 Å². The van der Waals surface area contributed by atoms with Gasteiger partial charge in [-0.25, -0.2) is 9.97 Å². The molecule has 28 heavy (non-hydrogen) atoms. The summed E-state index contributed by atoms with van der Waals surface area (Å²) in [6.45, 7) is 3.25. The van der Waals surface area contributed by atoms with Crippen LogP contribution in [0.15, 0.2) is 42.7 Å². The van der Waals surface area contributed by atoms with Crippen LogP contribution >= 0.6 is 0 Å². The Kier molecular flexibility index (Phi) is 4.03. The second-order valence-corrected chi connectivity index (χ2v) is 7.75. The van der Waals surface area contributed by atoms with Gasteiger partial charge in [-0.3, -0.25) is 9.59 Å². The first-order valence-corrected chi connectivity index (χ1v) is 9.90. The molecule has 1 aliphatic carbocycles. The van der Waals surface area contributed by atoms with E-state index in [1.54, 1.807) is 18.5 Å². The second-order valence-electron chi connectivity index (χ2n) is 7.75. The van der Waals surface area contributed by atoms with E-state index in [9.17, 15) is 9.59 Å². The van der Waals surface area contributed by atoms with Crippen molar-refractivity contribution in [2.24, 2.45) is 5.41 Å². The Bertz CT molecular complexity index is 904. The molecule has 0 bridgehead atoms. The van der Waals surface area contributed by atoms with Crippen molar-refractivity contribution in [3.8, 4) is 0 Å². The molecule has 3 heterocycles. The Morgan fingerprint density at radius 3 is 2.29 bits per heavy atom. The number of carbonyl (C=O) groups excluding carboxylic acids is 2. The average molecular weight is 377 g/mol. The Morgan fingerprint density at radius 2 is 1.57 bits per heavy atom. The molecular formula is C21H23N5O2. The molecule has 0 unspecified atom stereocenters. The molecule has 0 atom stereocenters. The lowest BCUT2D eigenvalue weighted by Crippen LogP contribution is -2.54. The summed E-state index contributed by atoms with van der Waals surface area (Å²) in [6.07, 6.45) is 5.63. The smallest absolute Gasteiger partial charge is 0.242 e. The van der Waals surface area contributed by atoms with Gasteiger partial charge in [0.05, 0.1) is 0 Å². The van der Waals surface area contributed by atoms with Crippen LogP contribution < -0.4 is 9.80 Å². The van der Waals surface area contributed by atoms with Gasteiger partial charge in [0.2, 0.25) is 17.8 Å². The highest BCUT2D eigenvalue weighted by Crippen LogP contribution is 2.50. The zero-order chi connectivity index (χ0) is 19.1. The number of fused-ring (bicyclic) bond motifs is 1. The number of carbonyl (C=O) groups is 2. The maximum absolute atomic E-state index is 13.3. The normalized spacial score (nSPS) is 20.1. The molecule has 1 saturated carbocycles. The summed E-state index contributed by atoms with van der Waals surface area (Å²) in [7, 11) is 0.